The Morgan fingerprint density at radius 1 is 1.53 bits per heavy atom. The summed E-state index contributed by atoms with van der Waals surface area (Å²) in [5, 5.41) is 14.3. The summed E-state index contributed by atoms with van der Waals surface area (Å²) in [6, 6.07) is 2.96. The Kier molecular flexibility index (Phi) is 2.10. The number of nitro groups is 1. The Morgan fingerprint density at radius 3 is 3.18 bits per heavy atom. The van der Waals surface area contributed by atoms with Crippen LogP contribution in [0, 0.1) is 10.1 Å². The summed E-state index contributed by atoms with van der Waals surface area (Å²) in [5.74, 6) is 0.230. The van der Waals surface area contributed by atoms with E-state index in [9.17, 15) is 10.1 Å². The van der Waals surface area contributed by atoms with Gasteiger partial charge in [-0.15, -0.1) is 0 Å². The number of nitrogens with zero attached hydrogens (tertiary/aromatic N) is 4. The number of rotatable bonds is 2. The molecule has 7 heteroatoms. The number of allylic oxidation sites excluding steroid dienone is 1. The van der Waals surface area contributed by atoms with Crippen LogP contribution in [-0.4, -0.2) is 28.9 Å². The number of hydrazine groups is 1. The van der Waals surface area contributed by atoms with Crippen LogP contribution in [0.15, 0.2) is 33.8 Å². The first-order valence-corrected chi connectivity index (χ1v) is 5.26. The fraction of sp³-hybridized carbons (Fsp3) is 0.300. The third-order valence-electron chi connectivity index (χ3n) is 2.78. The third kappa shape index (κ3) is 1.55. The second-order valence-electron chi connectivity index (χ2n) is 3.78. The Balaban J connectivity index is 1.87. The lowest BCUT2D eigenvalue weighted by Gasteiger charge is -2.29. The standard InChI is InChI=1S/C10H10N4O3/c15-14(16)10-3-2-9(17-10)13-7-4-8-11-5-1-6-12(8)13/h1-3,5-6,8H,4,7H2. The minimum absolute atomic E-state index is 0.0733. The minimum Gasteiger partial charge on any atom is -0.383 e. The lowest BCUT2D eigenvalue weighted by molar-refractivity contribution is -0.401. The highest BCUT2D eigenvalue weighted by Crippen LogP contribution is 2.31. The quantitative estimate of drug-likeness (QED) is 0.573. The average molecular weight is 234 g/mol. The number of hydrogen-bond acceptors (Lipinski definition) is 6. The van der Waals surface area contributed by atoms with E-state index < -0.39 is 4.92 Å². The van der Waals surface area contributed by atoms with Gasteiger partial charge in [-0.25, -0.2) is 0 Å². The molecule has 0 radical (unpaired) electrons. The number of anilines is 1. The first-order valence-electron chi connectivity index (χ1n) is 5.26. The monoisotopic (exact) mass is 234 g/mol. The summed E-state index contributed by atoms with van der Waals surface area (Å²) >= 11 is 0. The lowest BCUT2D eigenvalue weighted by atomic mass is 10.3. The number of furan rings is 1. The van der Waals surface area contributed by atoms with Crippen molar-refractivity contribution in [1.29, 1.82) is 0 Å². The zero-order chi connectivity index (χ0) is 11.8. The van der Waals surface area contributed by atoms with E-state index in [-0.39, 0.29) is 12.0 Å². The predicted molar refractivity (Wildman–Crippen MR) is 60.6 cm³/mol. The second-order valence-corrected chi connectivity index (χ2v) is 3.78. The smallest absolute Gasteiger partial charge is 0.383 e. The maximum Gasteiger partial charge on any atom is 0.434 e. The average Bonchev–Trinajstić information content (AvgIpc) is 2.95. The van der Waals surface area contributed by atoms with Crippen molar-refractivity contribution in [2.75, 3.05) is 11.6 Å². The summed E-state index contributed by atoms with van der Waals surface area (Å²) in [6.45, 7) is 0.733. The highest BCUT2D eigenvalue weighted by Gasteiger charge is 2.32. The molecule has 1 unspecified atom stereocenters. The molecule has 0 aliphatic carbocycles. The zero-order valence-electron chi connectivity index (χ0n) is 8.89. The van der Waals surface area contributed by atoms with E-state index in [2.05, 4.69) is 4.99 Å². The summed E-state index contributed by atoms with van der Waals surface area (Å²) in [4.78, 5) is 14.3. The van der Waals surface area contributed by atoms with Crippen molar-refractivity contribution in [2.45, 2.75) is 12.6 Å². The van der Waals surface area contributed by atoms with E-state index in [1.165, 1.54) is 6.07 Å². The van der Waals surface area contributed by atoms with Crippen LogP contribution in [0.4, 0.5) is 11.8 Å². The first kappa shape index (κ1) is 9.88. The van der Waals surface area contributed by atoms with E-state index >= 15 is 0 Å². The van der Waals surface area contributed by atoms with E-state index in [1.54, 1.807) is 12.3 Å². The molecule has 3 heterocycles. The first-order chi connectivity index (χ1) is 8.25. The van der Waals surface area contributed by atoms with Crippen LogP contribution in [0.5, 0.6) is 0 Å². The molecule has 0 aromatic carbocycles. The van der Waals surface area contributed by atoms with Crippen molar-refractivity contribution < 1.29 is 9.34 Å². The molecule has 3 rings (SSSR count). The van der Waals surface area contributed by atoms with Crippen LogP contribution < -0.4 is 5.01 Å². The van der Waals surface area contributed by atoms with E-state index in [0.29, 0.717) is 5.88 Å². The normalized spacial score (nSPS) is 22.0. The van der Waals surface area contributed by atoms with Gasteiger partial charge in [0.2, 0.25) is 5.88 Å². The maximum atomic E-state index is 10.6. The van der Waals surface area contributed by atoms with Crippen molar-refractivity contribution in [1.82, 2.24) is 5.01 Å². The molecule has 88 valence electrons. The molecular weight excluding hydrogens is 224 g/mol. The summed E-state index contributed by atoms with van der Waals surface area (Å²) in [7, 11) is 0. The van der Waals surface area contributed by atoms with Gasteiger partial charge in [0, 0.05) is 31.4 Å². The highest BCUT2D eigenvalue weighted by molar-refractivity contribution is 5.72. The van der Waals surface area contributed by atoms with Crippen LogP contribution in [-0.2, 0) is 0 Å². The summed E-state index contributed by atoms with van der Waals surface area (Å²) < 4.78 is 5.18. The molecule has 1 saturated heterocycles. The fourth-order valence-electron chi connectivity index (χ4n) is 2.02. The van der Waals surface area contributed by atoms with Crippen molar-refractivity contribution in [2.24, 2.45) is 4.99 Å². The van der Waals surface area contributed by atoms with Crippen molar-refractivity contribution in [3.8, 4) is 0 Å². The molecular formula is C10H10N4O3. The van der Waals surface area contributed by atoms with Crippen LogP contribution in [0.3, 0.4) is 0 Å². The van der Waals surface area contributed by atoms with Crippen LogP contribution in [0.1, 0.15) is 6.42 Å². The summed E-state index contributed by atoms with van der Waals surface area (Å²) in [6.07, 6.45) is 6.42. The molecule has 1 atom stereocenters. The lowest BCUT2D eigenvalue weighted by Crippen LogP contribution is -2.37. The molecule has 1 aromatic heterocycles. The Labute approximate surface area is 96.8 Å². The molecule has 0 spiro atoms. The van der Waals surface area contributed by atoms with Gasteiger partial charge in [0.15, 0.2) is 0 Å². The van der Waals surface area contributed by atoms with E-state index in [4.69, 9.17) is 4.42 Å². The third-order valence-corrected chi connectivity index (χ3v) is 2.78. The topological polar surface area (TPSA) is 75.1 Å². The predicted octanol–water partition coefficient (Wildman–Crippen LogP) is 1.54. The van der Waals surface area contributed by atoms with Gasteiger partial charge in [-0.3, -0.25) is 25.1 Å². The van der Waals surface area contributed by atoms with Gasteiger partial charge in [-0.05, 0) is 6.08 Å². The van der Waals surface area contributed by atoms with Gasteiger partial charge in [0.1, 0.15) is 11.1 Å². The minimum atomic E-state index is -0.540. The van der Waals surface area contributed by atoms with Gasteiger partial charge < -0.3 is 4.42 Å². The van der Waals surface area contributed by atoms with Crippen LogP contribution >= 0.6 is 0 Å². The SMILES string of the molecule is O=[N+]([O-])c1ccc(N2CCC3N=CC=CN32)o1. The summed E-state index contributed by atoms with van der Waals surface area (Å²) in [5.41, 5.74) is 0. The van der Waals surface area contributed by atoms with Crippen LogP contribution in [0.25, 0.3) is 0 Å². The van der Waals surface area contributed by atoms with Gasteiger partial charge in [-0.2, -0.15) is 0 Å². The molecule has 7 nitrogen and oxygen atoms in total. The van der Waals surface area contributed by atoms with Crippen molar-refractivity contribution in [3.05, 3.63) is 34.5 Å². The maximum absolute atomic E-state index is 10.6. The zero-order valence-corrected chi connectivity index (χ0v) is 8.89. The van der Waals surface area contributed by atoms with Gasteiger partial charge >= 0.3 is 5.88 Å². The Bertz CT molecular complexity index is 507. The fourth-order valence-corrected chi connectivity index (χ4v) is 2.02. The Hall–Kier alpha value is -2.31. The molecule has 2 aliphatic heterocycles. The van der Waals surface area contributed by atoms with Gasteiger partial charge in [0.05, 0.1) is 6.07 Å². The second kappa shape index (κ2) is 3.62. The molecule has 0 saturated carbocycles. The van der Waals surface area contributed by atoms with E-state index in [1.807, 2.05) is 22.3 Å². The molecule has 1 fully saturated rings. The largest absolute Gasteiger partial charge is 0.434 e. The van der Waals surface area contributed by atoms with Gasteiger partial charge in [-0.1, -0.05) is 0 Å². The molecule has 0 bridgehead atoms. The number of hydrogen-bond donors (Lipinski definition) is 0. The van der Waals surface area contributed by atoms with E-state index in [0.717, 1.165) is 13.0 Å². The number of fused-ring (bicyclic) bond motifs is 1. The highest BCUT2D eigenvalue weighted by atomic mass is 16.6. The molecule has 0 N–H and O–H groups in total. The van der Waals surface area contributed by atoms with Crippen LogP contribution in [0.2, 0.25) is 0 Å². The van der Waals surface area contributed by atoms with Gasteiger partial charge in [0.25, 0.3) is 0 Å². The van der Waals surface area contributed by atoms with Crippen molar-refractivity contribution in [3.63, 3.8) is 0 Å². The molecule has 0 amide bonds. The molecule has 2 aliphatic rings. The molecule has 1 aromatic rings. The van der Waals surface area contributed by atoms with Crippen molar-refractivity contribution >= 4 is 18.0 Å². The molecule has 17 heavy (non-hydrogen) atoms. The Morgan fingerprint density at radius 2 is 2.41 bits per heavy atom. The number of aliphatic imine (C=N–C) groups is 1.